The molecule has 0 saturated carbocycles. The van der Waals surface area contributed by atoms with Gasteiger partial charge in [0.25, 0.3) is 0 Å². The Kier molecular flexibility index (Phi) is 6.04. The normalized spacial score (nSPS) is 10.3. The molecule has 0 bridgehead atoms. The zero-order chi connectivity index (χ0) is 19.1. The Labute approximate surface area is 159 Å². The maximum absolute atomic E-state index is 5.39. The molecular weight excluding hydrogens is 342 g/mol. The van der Waals surface area contributed by atoms with Crippen molar-refractivity contribution in [2.45, 2.75) is 6.42 Å². The van der Waals surface area contributed by atoms with Gasteiger partial charge in [0.1, 0.15) is 17.3 Å². The average Bonchev–Trinajstić information content (AvgIpc) is 2.73. The molecule has 27 heavy (non-hydrogen) atoms. The maximum Gasteiger partial charge on any atom is 0.229 e. The summed E-state index contributed by atoms with van der Waals surface area (Å²) in [7, 11) is 5.26. The highest BCUT2D eigenvalue weighted by Gasteiger charge is 2.09. The second kappa shape index (κ2) is 8.84. The minimum Gasteiger partial charge on any atom is -0.497 e. The molecule has 7 nitrogen and oxygen atoms in total. The number of hydrogen-bond acceptors (Lipinski definition) is 7. The highest BCUT2D eigenvalue weighted by molar-refractivity contribution is 5.65. The molecule has 7 heteroatoms. The van der Waals surface area contributed by atoms with Crippen LogP contribution in [0.2, 0.25) is 0 Å². The van der Waals surface area contributed by atoms with E-state index in [-0.39, 0.29) is 0 Å². The van der Waals surface area contributed by atoms with Gasteiger partial charge in [-0.25, -0.2) is 4.98 Å². The Morgan fingerprint density at radius 1 is 1.00 bits per heavy atom. The number of ether oxygens (including phenoxy) is 2. The van der Waals surface area contributed by atoms with Gasteiger partial charge in [-0.3, -0.25) is 4.98 Å². The Bertz CT molecular complexity index is 873. The molecule has 0 spiro atoms. The van der Waals surface area contributed by atoms with Gasteiger partial charge in [0.05, 0.1) is 19.9 Å². The van der Waals surface area contributed by atoms with Crippen molar-refractivity contribution in [3.63, 3.8) is 0 Å². The second-order valence-electron chi connectivity index (χ2n) is 5.96. The van der Waals surface area contributed by atoms with Crippen molar-refractivity contribution in [3.8, 4) is 11.5 Å². The van der Waals surface area contributed by atoms with Crippen LogP contribution in [-0.2, 0) is 6.42 Å². The van der Waals surface area contributed by atoms with Crippen LogP contribution in [0, 0.1) is 0 Å². The summed E-state index contributed by atoms with van der Waals surface area (Å²) in [5, 5.41) is 3.21. The van der Waals surface area contributed by atoms with Crippen LogP contribution in [0.25, 0.3) is 0 Å². The van der Waals surface area contributed by atoms with E-state index in [1.165, 1.54) is 5.56 Å². The van der Waals surface area contributed by atoms with Crippen LogP contribution in [-0.4, -0.2) is 42.8 Å². The van der Waals surface area contributed by atoms with Crippen molar-refractivity contribution in [1.82, 2.24) is 15.0 Å². The van der Waals surface area contributed by atoms with Gasteiger partial charge in [-0.05, 0) is 42.3 Å². The molecule has 3 aromatic rings. The van der Waals surface area contributed by atoms with E-state index in [4.69, 9.17) is 9.47 Å². The minimum atomic E-state index is 0.495. The number of rotatable bonds is 8. The SMILES string of the molecule is COc1ccc(OC)c(Nc2nccc(N(C)CCc3ccncc3)n2)c1. The van der Waals surface area contributed by atoms with Crippen LogP contribution in [0.4, 0.5) is 17.5 Å². The third-order valence-corrected chi connectivity index (χ3v) is 4.17. The monoisotopic (exact) mass is 365 g/mol. The number of nitrogens with one attached hydrogen (secondary N) is 1. The summed E-state index contributed by atoms with van der Waals surface area (Å²) in [6.07, 6.45) is 6.27. The first-order valence-corrected chi connectivity index (χ1v) is 8.61. The summed E-state index contributed by atoms with van der Waals surface area (Å²) < 4.78 is 10.7. The fraction of sp³-hybridized carbons (Fsp3) is 0.250. The smallest absolute Gasteiger partial charge is 0.229 e. The van der Waals surface area contributed by atoms with E-state index >= 15 is 0 Å². The first-order valence-electron chi connectivity index (χ1n) is 8.61. The number of benzene rings is 1. The lowest BCUT2D eigenvalue weighted by Gasteiger charge is -2.19. The van der Waals surface area contributed by atoms with E-state index in [9.17, 15) is 0 Å². The number of anilines is 3. The Morgan fingerprint density at radius 3 is 2.56 bits per heavy atom. The van der Waals surface area contributed by atoms with E-state index < -0.39 is 0 Å². The molecule has 0 aliphatic carbocycles. The van der Waals surface area contributed by atoms with Crippen molar-refractivity contribution in [2.24, 2.45) is 0 Å². The summed E-state index contributed by atoms with van der Waals surface area (Å²) in [6, 6.07) is 11.5. The Balaban J connectivity index is 1.72. The van der Waals surface area contributed by atoms with E-state index in [2.05, 4.69) is 25.2 Å². The fourth-order valence-corrected chi connectivity index (χ4v) is 2.62. The number of methoxy groups -OCH3 is 2. The van der Waals surface area contributed by atoms with Gasteiger partial charge in [0, 0.05) is 38.2 Å². The Morgan fingerprint density at radius 2 is 1.81 bits per heavy atom. The first kappa shape index (κ1) is 18.4. The second-order valence-corrected chi connectivity index (χ2v) is 5.96. The quantitative estimate of drug-likeness (QED) is 0.656. The molecular formula is C20H23N5O2. The van der Waals surface area contributed by atoms with Gasteiger partial charge >= 0.3 is 0 Å². The molecule has 1 aromatic carbocycles. The van der Waals surface area contributed by atoms with Crippen molar-refractivity contribution in [2.75, 3.05) is 38.0 Å². The summed E-state index contributed by atoms with van der Waals surface area (Å²) in [4.78, 5) is 15.1. The molecule has 2 heterocycles. The van der Waals surface area contributed by atoms with Crippen LogP contribution in [0.3, 0.4) is 0 Å². The van der Waals surface area contributed by atoms with E-state index in [0.717, 1.165) is 30.2 Å². The number of likely N-dealkylation sites (N-methyl/N-ethyl adjacent to an activating group) is 1. The molecule has 0 radical (unpaired) electrons. The van der Waals surface area contributed by atoms with Gasteiger partial charge in [-0.2, -0.15) is 4.98 Å². The first-order chi connectivity index (χ1) is 13.2. The fourth-order valence-electron chi connectivity index (χ4n) is 2.62. The van der Waals surface area contributed by atoms with Gasteiger partial charge in [-0.1, -0.05) is 0 Å². The van der Waals surface area contributed by atoms with Crippen molar-refractivity contribution >= 4 is 17.5 Å². The topological polar surface area (TPSA) is 72.4 Å². The lowest BCUT2D eigenvalue weighted by atomic mass is 10.2. The van der Waals surface area contributed by atoms with E-state index in [1.807, 2.05) is 55.8 Å². The third-order valence-electron chi connectivity index (χ3n) is 4.17. The molecule has 0 unspecified atom stereocenters. The largest absolute Gasteiger partial charge is 0.497 e. The zero-order valence-electron chi connectivity index (χ0n) is 15.7. The molecule has 0 saturated heterocycles. The van der Waals surface area contributed by atoms with Crippen molar-refractivity contribution in [1.29, 1.82) is 0 Å². The van der Waals surface area contributed by atoms with Gasteiger partial charge in [0.2, 0.25) is 5.95 Å². The van der Waals surface area contributed by atoms with Gasteiger partial charge in [0.15, 0.2) is 0 Å². The minimum absolute atomic E-state index is 0.495. The molecule has 0 fully saturated rings. The lowest BCUT2D eigenvalue weighted by molar-refractivity contribution is 0.405. The highest BCUT2D eigenvalue weighted by atomic mass is 16.5. The predicted octanol–water partition coefficient (Wildman–Crippen LogP) is 3.31. The number of nitrogens with zero attached hydrogens (tertiary/aromatic N) is 4. The molecule has 0 atom stereocenters. The molecule has 3 rings (SSSR count). The highest BCUT2D eigenvalue weighted by Crippen LogP contribution is 2.30. The standard InChI is InChI=1S/C20H23N5O2/c1-25(13-9-15-6-10-21-11-7-15)19-8-12-22-20(24-19)23-17-14-16(26-2)4-5-18(17)27-3/h4-8,10-12,14H,9,13H2,1-3H3,(H,22,23,24). The maximum atomic E-state index is 5.39. The van der Waals surface area contributed by atoms with Crippen LogP contribution >= 0.6 is 0 Å². The number of hydrogen-bond donors (Lipinski definition) is 1. The van der Waals surface area contributed by atoms with Gasteiger partial charge in [-0.15, -0.1) is 0 Å². The van der Waals surface area contributed by atoms with Crippen molar-refractivity contribution < 1.29 is 9.47 Å². The summed E-state index contributed by atoms with van der Waals surface area (Å²) in [5.41, 5.74) is 1.99. The Hall–Kier alpha value is -3.35. The molecule has 0 aliphatic heterocycles. The molecule has 0 aliphatic rings. The van der Waals surface area contributed by atoms with Crippen LogP contribution in [0.5, 0.6) is 11.5 Å². The average molecular weight is 365 g/mol. The molecule has 140 valence electrons. The number of aromatic nitrogens is 3. The van der Waals surface area contributed by atoms with Crippen LogP contribution < -0.4 is 19.7 Å². The van der Waals surface area contributed by atoms with Gasteiger partial charge < -0.3 is 19.7 Å². The van der Waals surface area contributed by atoms with E-state index in [1.54, 1.807) is 20.4 Å². The molecule has 2 aromatic heterocycles. The van der Waals surface area contributed by atoms with Crippen LogP contribution in [0.15, 0.2) is 55.0 Å². The lowest BCUT2D eigenvalue weighted by Crippen LogP contribution is -2.21. The number of pyridine rings is 1. The van der Waals surface area contributed by atoms with E-state index in [0.29, 0.717) is 11.7 Å². The summed E-state index contributed by atoms with van der Waals surface area (Å²) in [6.45, 7) is 0.836. The molecule has 1 N–H and O–H groups in total. The zero-order valence-corrected chi connectivity index (χ0v) is 15.7. The predicted molar refractivity (Wildman–Crippen MR) is 106 cm³/mol. The summed E-state index contributed by atoms with van der Waals surface area (Å²) >= 11 is 0. The molecule has 0 amide bonds. The van der Waals surface area contributed by atoms with Crippen LogP contribution in [0.1, 0.15) is 5.56 Å². The summed E-state index contributed by atoms with van der Waals surface area (Å²) in [5.74, 6) is 2.75. The van der Waals surface area contributed by atoms with Crippen molar-refractivity contribution in [3.05, 3.63) is 60.6 Å². The third kappa shape index (κ3) is 4.84.